The number of aromatic nitrogens is 1. The van der Waals surface area contributed by atoms with Crippen LogP contribution in [-0.4, -0.2) is 23.3 Å². The van der Waals surface area contributed by atoms with Crippen LogP contribution >= 0.6 is 0 Å². The van der Waals surface area contributed by atoms with Gasteiger partial charge in [0.15, 0.2) is 17.4 Å². The third kappa shape index (κ3) is 3.66. The lowest BCUT2D eigenvalue weighted by Crippen LogP contribution is -2.12. The van der Waals surface area contributed by atoms with Gasteiger partial charge in [-0.05, 0) is 12.1 Å². The molecule has 1 heterocycles. The summed E-state index contributed by atoms with van der Waals surface area (Å²) in [5.74, 6) is -0.357. The molecule has 0 saturated heterocycles. The Balaban J connectivity index is 2.34. The number of ether oxygens (including phenoxy) is 1. The Kier molecular flexibility index (Phi) is 4.30. The van der Waals surface area contributed by atoms with Crippen molar-refractivity contribution in [3.63, 3.8) is 0 Å². The summed E-state index contributed by atoms with van der Waals surface area (Å²) < 4.78 is 4.48. The Morgan fingerprint density at radius 3 is 2.71 bits per heavy atom. The zero-order valence-electron chi connectivity index (χ0n) is 11.1. The molecule has 0 fully saturated rings. The average molecular weight is 287 g/mol. The third-order valence-corrected chi connectivity index (χ3v) is 2.45. The zero-order chi connectivity index (χ0) is 15.2. The smallest absolute Gasteiger partial charge is 0.412 e. The molecule has 0 unspecified atom stereocenters. The first-order valence-corrected chi connectivity index (χ1v) is 5.91. The first kappa shape index (κ1) is 14.3. The number of hydrogen-bond donors (Lipinski definition) is 3. The van der Waals surface area contributed by atoms with Gasteiger partial charge in [0.25, 0.3) is 0 Å². The van der Waals surface area contributed by atoms with Gasteiger partial charge in [-0.3, -0.25) is 5.32 Å². The van der Waals surface area contributed by atoms with E-state index in [9.17, 15) is 9.90 Å². The molecule has 0 aliphatic rings. The number of carbonyl (C=O) groups excluding carboxylic acids is 1. The molecule has 2 aromatic rings. The van der Waals surface area contributed by atoms with Gasteiger partial charge >= 0.3 is 6.09 Å². The molecule has 0 radical (unpaired) electrons. The number of aromatic hydroxyl groups is 1. The van der Waals surface area contributed by atoms with Gasteiger partial charge in [-0.2, -0.15) is 5.11 Å². The molecule has 0 spiro atoms. The van der Waals surface area contributed by atoms with Crippen molar-refractivity contribution in [3.8, 4) is 5.75 Å². The summed E-state index contributed by atoms with van der Waals surface area (Å²) in [5, 5.41) is 19.9. The van der Waals surface area contributed by atoms with Gasteiger partial charge in [0.1, 0.15) is 5.69 Å². The molecule has 21 heavy (non-hydrogen) atoms. The predicted octanol–water partition coefficient (Wildman–Crippen LogP) is 2.96. The van der Waals surface area contributed by atoms with Crippen LogP contribution in [-0.2, 0) is 4.74 Å². The number of anilines is 2. The van der Waals surface area contributed by atoms with Crippen LogP contribution in [0.5, 0.6) is 5.75 Å². The number of nitrogens with two attached hydrogens (primary N) is 1. The van der Waals surface area contributed by atoms with Gasteiger partial charge in [-0.25, -0.2) is 9.78 Å². The molecule has 0 aliphatic heterocycles. The molecule has 1 aromatic heterocycles. The summed E-state index contributed by atoms with van der Waals surface area (Å²) >= 11 is 0. The minimum absolute atomic E-state index is 0.0387. The van der Waals surface area contributed by atoms with E-state index in [1.807, 2.05) is 6.07 Å². The number of methoxy groups -OCH3 is 1. The molecule has 0 saturated carbocycles. The van der Waals surface area contributed by atoms with E-state index >= 15 is 0 Å². The molecule has 0 aliphatic carbocycles. The van der Waals surface area contributed by atoms with Crippen molar-refractivity contribution in [3.05, 3.63) is 36.4 Å². The van der Waals surface area contributed by atoms with Crippen molar-refractivity contribution >= 4 is 29.1 Å². The summed E-state index contributed by atoms with van der Waals surface area (Å²) in [7, 11) is 1.21. The number of nitrogens with zero attached hydrogens (tertiary/aromatic N) is 3. The van der Waals surface area contributed by atoms with Crippen molar-refractivity contribution in [2.45, 2.75) is 0 Å². The van der Waals surface area contributed by atoms with E-state index in [2.05, 4.69) is 25.3 Å². The largest absolute Gasteiger partial charge is 0.504 e. The molecule has 0 atom stereocenters. The van der Waals surface area contributed by atoms with E-state index in [1.165, 1.54) is 13.2 Å². The highest BCUT2D eigenvalue weighted by Gasteiger charge is 2.12. The maximum Gasteiger partial charge on any atom is 0.412 e. The van der Waals surface area contributed by atoms with Crippen LogP contribution in [0.15, 0.2) is 46.6 Å². The maximum atomic E-state index is 11.3. The summed E-state index contributed by atoms with van der Waals surface area (Å²) in [5.41, 5.74) is 6.25. The molecular weight excluding hydrogens is 274 g/mol. The van der Waals surface area contributed by atoms with Crippen LogP contribution in [0.4, 0.5) is 27.8 Å². The number of nitrogens with one attached hydrogen (secondary N) is 1. The molecule has 8 nitrogen and oxygen atoms in total. The zero-order valence-corrected chi connectivity index (χ0v) is 11.1. The summed E-state index contributed by atoms with van der Waals surface area (Å²) in [6.45, 7) is 0. The highest BCUT2D eigenvalue weighted by Crippen LogP contribution is 2.32. The molecular formula is C13H13N5O3. The number of hydrogen-bond acceptors (Lipinski definition) is 7. The fraction of sp³-hybridized carbons (Fsp3) is 0.0769. The third-order valence-electron chi connectivity index (χ3n) is 2.45. The number of nitrogen functional groups attached to an aromatic ring is 1. The quantitative estimate of drug-likeness (QED) is 0.749. The topological polar surface area (TPSA) is 122 Å². The van der Waals surface area contributed by atoms with Crippen molar-refractivity contribution < 1.29 is 14.6 Å². The molecule has 8 heteroatoms. The highest BCUT2D eigenvalue weighted by atomic mass is 16.5. The van der Waals surface area contributed by atoms with Crippen LogP contribution in [0.1, 0.15) is 0 Å². The minimum Gasteiger partial charge on any atom is -0.504 e. The second-order valence-electron chi connectivity index (χ2n) is 3.91. The van der Waals surface area contributed by atoms with E-state index in [0.717, 1.165) is 0 Å². The average Bonchev–Trinajstić information content (AvgIpc) is 2.50. The first-order valence-electron chi connectivity index (χ1n) is 5.91. The molecule has 108 valence electrons. The van der Waals surface area contributed by atoms with E-state index in [0.29, 0.717) is 5.69 Å². The van der Waals surface area contributed by atoms with Gasteiger partial charge in [0.05, 0.1) is 12.8 Å². The van der Waals surface area contributed by atoms with Crippen LogP contribution in [0.25, 0.3) is 0 Å². The van der Waals surface area contributed by atoms with Crippen molar-refractivity contribution in [1.82, 2.24) is 4.98 Å². The van der Waals surface area contributed by atoms with Crippen molar-refractivity contribution in [2.75, 3.05) is 18.2 Å². The molecule has 1 aromatic carbocycles. The second kappa shape index (κ2) is 6.33. The number of pyridine rings is 1. The number of carbonyl (C=O) groups is 1. The van der Waals surface area contributed by atoms with Gasteiger partial charge in [0.2, 0.25) is 0 Å². The number of benzene rings is 1. The molecule has 2 rings (SSSR count). The Bertz CT molecular complexity index is 673. The standard InChI is InChI=1S/C13H13N5O3/c1-21-13(20)16-12-9(7-10(19)11(14)15-12)18-17-8-5-3-2-4-6-8/h2-7,19H,1H3,(H3,14,15,16,20)/b18-17+. The van der Waals surface area contributed by atoms with E-state index in [1.54, 1.807) is 24.3 Å². The van der Waals surface area contributed by atoms with E-state index in [4.69, 9.17) is 5.73 Å². The number of azo groups is 1. The summed E-state index contributed by atoms with van der Waals surface area (Å²) in [6, 6.07) is 10.2. The summed E-state index contributed by atoms with van der Waals surface area (Å²) in [6.07, 6.45) is -0.733. The van der Waals surface area contributed by atoms with Gasteiger partial charge < -0.3 is 15.6 Å². The summed E-state index contributed by atoms with van der Waals surface area (Å²) in [4.78, 5) is 15.1. The second-order valence-corrected chi connectivity index (χ2v) is 3.91. The Labute approximate surface area is 120 Å². The SMILES string of the molecule is COC(=O)Nc1nc(N)c(O)cc1/N=N/c1ccccc1. The fourth-order valence-corrected chi connectivity index (χ4v) is 1.43. The van der Waals surface area contributed by atoms with Crippen molar-refractivity contribution in [1.29, 1.82) is 0 Å². The van der Waals surface area contributed by atoms with Gasteiger partial charge in [-0.15, -0.1) is 5.11 Å². The molecule has 0 bridgehead atoms. The molecule has 1 amide bonds. The minimum atomic E-state index is -0.733. The van der Waals surface area contributed by atoms with E-state index < -0.39 is 6.09 Å². The van der Waals surface area contributed by atoms with Gasteiger partial charge in [-0.1, -0.05) is 18.2 Å². The lowest BCUT2D eigenvalue weighted by molar-refractivity contribution is 0.187. The number of rotatable bonds is 3. The van der Waals surface area contributed by atoms with Crippen molar-refractivity contribution in [2.24, 2.45) is 10.2 Å². The fourth-order valence-electron chi connectivity index (χ4n) is 1.43. The highest BCUT2D eigenvalue weighted by molar-refractivity contribution is 5.87. The van der Waals surface area contributed by atoms with Crippen LogP contribution in [0.2, 0.25) is 0 Å². The lowest BCUT2D eigenvalue weighted by Gasteiger charge is -2.07. The lowest BCUT2D eigenvalue weighted by atomic mass is 10.3. The first-order chi connectivity index (χ1) is 10.1. The van der Waals surface area contributed by atoms with Crippen LogP contribution in [0, 0.1) is 0 Å². The van der Waals surface area contributed by atoms with Gasteiger partial charge in [0, 0.05) is 6.07 Å². The monoisotopic (exact) mass is 287 g/mol. The Morgan fingerprint density at radius 2 is 2.05 bits per heavy atom. The van der Waals surface area contributed by atoms with E-state index in [-0.39, 0.29) is 23.1 Å². The normalized spacial score (nSPS) is 10.5. The maximum absolute atomic E-state index is 11.3. The Morgan fingerprint density at radius 1 is 1.33 bits per heavy atom. The van der Waals surface area contributed by atoms with Crippen LogP contribution < -0.4 is 11.1 Å². The number of amides is 1. The Hall–Kier alpha value is -3.16. The van der Waals surface area contributed by atoms with Crippen LogP contribution in [0.3, 0.4) is 0 Å². The molecule has 4 N–H and O–H groups in total. The predicted molar refractivity (Wildman–Crippen MR) is 77.0 cm³/mol.